The summed E-state index contributed by atoms with van der Waals surface area (Å²) in [6.45, 7) is 2.81. The first-order valence-electron chi connectivity index (χ1n) is 7.12. The van der Waals surface area contributed by atoms with Crippen molar-refractivity contribution in [2.45, 2.75) is 25.3 Å². The number of hydrogen-bond donors (Lipinski definition) is 0. The minimum Gasteiger partial charge on any atom is -0.337 e. The molecule has 0 bridgehead atoms. The van der Waals surface area contributed by atoms with Crippen LogP contribution in [0.5, 0.6) is 0 Å². The van der Waals surface area contributed by atoms with Gasteiger partial charge in [-0.2, -0.15) is 0 Å². The van der Waals surface area contributed by atoms with E-state index in [9.17, 15) is 4.79 Å². The van der Waals surface area contributed by atoms with Gasteiger partial charge in [-0.3, -0.25) is 4.79 Å². The van der Waals surface area contributed by atoms with Crippen LogP contribution < -0.4 is 0 Å². The molecule has 2 aliphatic rings. The zero-order valence-corrected chi connectivity index (χ0v) is 12.4. The maximum absolute atomic E-state index is 12.4. The second-order valence-corrected chi connectivity index (χ2v) is 6.10. The summed E-state index contributed by atoms with van der Waals surface area (Å²) < 4.78 is 0. The van der Waals surface area contributed by atoms with Crippen LogP contribution >= 0.6 is 11.6 Å². The third kappa shape index (κ3) is 2.65. The highest BCUT2D eigenvalue weighted by Gasteiger charge is 2.36. The topological polar surface area (TPSA) is 49.3 Å². The van der Waals surface area contributed by atoms with E-state index in [1.807, 2.05) is 4.90 Å². The Balaban J connectivity index is 1.69. The Bertz CT molecular complexity index is 492. The monoisotopic (exact) mass is 294 g/mol. The highest BCUT2D eigenvalue weighted by atomic mass is 35.5. The molecule has 1 amide bonds. The average molecular weight is 295 g/mol. The van der Waals surface area contributed by atoms with E-state index < -0.39 is 0 Å². The summed E-state index contributed by atoms with van der Waals surface area (Å²) in [7, 11) is 2.19. The molecule has 6 heteroatoms. The van der Waals surface area contributed by atoms with E-state index in [-0.39, 0.29) is 5.91 Å². The van der Waals surface area contributed by atoms with Gasteiger partial charge in [0.25, 0.3) is 5.91 Å². The van der Waals surface area contributed by atoms with Crippen molar-refractivity contribution >= 4 is 17.5 Å². The van der Waals surface area contributed by atoms with Crippen molar-refractivity contribution in [3.05, 3.63) is 23.2 Å². The molecule has 0 aromatic carbocycles. The Kier molecular flexibility index (Phi) is 3.89. The number of rotatable bonds is 1. The summed E-state index contributed by atoms with van der Waals surface area (Å²) in [5, 5.41) is 0.314. The zero-order chi connectivity index (χ0) is 14.1. The van der Waals surface area contributed by atoms with Gasteiger partial charge in [0.1, 0.15) is 10.8 Å². The molecule has 0 saturated carbocycles. The lowest BCUT2D eigenvalue weighted by atomic mass is 9.84. The Morgan fingerprint density at radius 3 is 2.90 bits per heavy atom. The number of piperidine rings is 2. The fourth-order valence-corrected chi connectivity index (χ4v) is 3.52. The Morgan fingerprint density at radius 1 is 1.30 bits per heavy atom. The quantitative estimate of drug-likeness (QED) is 0.791. The smallest absolute Gasteiger partial charge is 0.274 e. The van der Waals surface area contributed by atoms with E-state index in [2.05, 4.69) is 21.9 Å². The molecule has 0 aliphatic carbocycles. The van der Waals surface area contributed by atoms with Gasteiger partial charge >= 0.3 is 0 Å². The van der Waals surface area contributed by atoms with Crippen LogP contribution in [0, 0.1) is 5.92 Å². The summed E-state index contributed by atoms with van der Waals surface area (Å²) >= 11 is 5.71. The lowest BCUT2D eigenvalue weighted by Gasteiger charge is -2.45. The normalized spacial score (nSPS) is 27.2. The van der Waals surface area contributed by atoms with Crippen LogP contribution in [-0.2, 0) is 0 Å². The summed E-state index contributed by atoms with van der Waals surface area (Å²) in [6, 6.07) is 0.629. The van der Waals surface area contributed by atoms with Crippen LogP contribution in [0.25, 0.3) is 0 Å². The molecule has 2 aliphatic heterocycles. The molecule has 1 aromatic heterocycles. The Morgan fingerprint density at radius 2 is 2.15 bits per heavy atom. The van der Waals surface area contributed by atoms with Crippen LogP contribution in [0.15, 0.2) is 12.4 Å². The SMILES string of the molecule is CN1CCCC2CN(C(=O)c3cnc(Cl)cn3)CCC21. The van der Waals surface area contributed by atoms with Crippen molar-refractivity contribution < 1.29 is 4.79 Å². The molecule has 0 spiro atoms. The molecule has 2 saturated heterocycles. The van der Waals surface area contributed by atoms with Gasteiger partial charge in [-0.1, -0.05) is 11.6 Å². The Labute approximate surface area is 123 Å². The van der Waals surface area contributed by atoms with Crippen LogP contribution in [0.1, 0.15) is 29.8 Å². The van der Waals surface area contributed by atoms with E-state index in [1.54, 1.807) is 0 Å². The van der Waals surface area contributed by atoms with Gasteiger partial charge in [0.15, 0.2) is 0 Å². The minimum atomic E-state index is -0.0270. The number of carbonyl (C=O) groups excluding carboxylic acids is 1. The third-order valence-electron chi connectivity index (χ3n) is 4.47. The number of amides is 1. The number of carbonyl (C=O) groups is 1. The molecule has 3 rings (SSSR count). The van der Waals surface area contributed by atoms with Crippen molar-refractivity contribution in [1.29, 1.82) is 0 Å². The van der Waals surface area contributed by atoms with Crippen molar-refractivity contribution in [3.8, 4) is 0 Å². The fourth-order valence-electron chi connectivity index (χ4n) is 3.42. The van der Waals surface area contributed by atoms with Gasteiger partial charge in [0.05, 0.1) is 12.4 Å². The van der Waals surface area contributed by atoms with E-state index in [1.165, 1.54) is 31.8 Å². The number of likely N-dealkylation sites (tertiary alicyclic amines) is 2. The molecule has 2 atom stereocenters. The van der Waals surface area contributed by atoms with Gasteiger partial charge in [-0.15, -0.1) is 0 Å². The molecule has 2 fully saturated rings. The van der Waals surface area contributed by atoms with Gasteiger partial charge in [0.2, 0.25) is 0 Å². The first-order valence-corrected chi connectivity index (χ1v) is 7.50. The predicted octanol–water partition coefficient (Wildman–Crippen LogP) is 1.69. The molecule has 2 unspecified atom stereocenters. The Hall–Kier alpha value is -1.20. The number of nitrogens with zero attached hydrogens (tertiary/aromatic N) is 4. The summed E-state index contributed by atoms with van der Waals surface area (Å²) in [5.74, 6) is 0.563. The summed E-state index contributed by atoms with van der Waals surface area (Å²) in [4.78, 5) is 24.8. The molecule has 108 valence electrons. The number of fused-ring (bicyclic) bond motifs is 1. The van der Waals surface area contributed by atoms with E-state index >= 15 is 0 Å². The first kappa shape index (κ1) is 13.8. The van der Waals surface area contributed by atoms with E-state index in [4.69, 9.17) is 11.6 Å². The third-order valence-corrected chi connectivity index (χ3v) is 4.67. The molecule has 5 nitrogen and oxygen atoms in total. The zero-order valence-electron chi connectivity index (χ0n) is 11.6. The van der Waals surface area contributed by atoms with Crippen molar-refractivity contribution in [1.82, 2.24) is 19.8 Å². The molecule has 1 aromatic rings. The maximum Gasteiger partial charge on any atom is 0.274 e. The number of hydrogen-bond acceptors (Lipinski definition) is 4. The van der Waals surface area contributed by atoms with Gasteiger partial charge in [-0.25, -0.2) is 9.97 Å². The summed E-state index contributed by atoms with van der Waals surface area (Å²) in [5.41, 5.74) is 0.386. The van der Waals surface area contributed by atoms with Crippen molar-refractivity contribution in [2.24, 2.45) is 5.92 Å². The molecule has 0 N–H and O–H groups in total. The largest absolute Gasteiger partial charge is 0.337 e. The molecular weight excluding hydrogens is 276 g/mol. The first-order chi connectivity index (χ1) is 9.65. The molecule has 0 radical (unpaired) electrons. The molecule has 20 heavy (non-hydrogen) atoms. The van der Waals surface area contributed by atoms with Gasteiger partial charge in [0, 0.05) is 19.1 Å². The van der Waals surface area contributed by atoms with Crippen LogP contribution in [0.2, 0.25) is 5.15 Å². The standard InChI is InChI=1S/C14H19ClN4O/c1-18-5-2-3-10-9-19(6-4-12(10)18)14(20)11-7-17-13(15)8-16-11/h7-8,10,12H,2-6,9H2,1H3. The van der Waals surface area contributed by atoms with Gasteiger partial charge < -0.3 is 9.80 Å². The minimum absolute atomic E-state index is 0.0270. The van der Waals surface area contributed by atoms with E-state index in [0.29, 0.717) is 22.8 Å². The number of aromatic nitrogens is 2. The predicted molar refractivity (Wildman–Crippen MR) is 76.7 cm³/mol. The molecular formula is C14H19ClN4O. The average Bonchev–Trinajstić information content (AvgIpc) is 2.47. The highest BCUT2D eigenvalue weighted by Crippen LogP contribution is 2.29. The second kappa shape index (κ2) is 5.66. The van der Waals surface area contributed by atoms with Crippen LogP contribution in [-0.4, -0.2) is 58.4 Å². The lowest BCUT2D eigenvalue weighted by molar-refractivity contribution is 0.0313. The number of halogens is 1. The van der Waals surface area contributed by atoms with Gasteiger partial charge in [-0.05, 0) is 38.8 Å². The van der Waals surface area contributed by atoms with E-state index in [0.717, 1.165) is 19.5 Å². The lowest BCUT2D eigenvalue weighted by Crippen LogP contribution is -2.54. The second-order valence-electron chi connectivity index (χ2n) is 5.71. The summed E-state index contributed by atoms with van der Waals surface area (Å²) in [6.07, 6.45) is 6.37. The van der Waals surface area contributed by atoms with Crippen LogP contribution in [0.4, 0.5) is 0 Å². The highest BCUT2D eigenvalue weighted by molar-refractivity contribution is 6.29. The van der Waals surface area contributed by atoms with Crippen molar-refractivity contribution in [2.75, 3.05) is 26.7 Å². The van der Waals surface area contributed by atoms with Crippen LogP contribution in [0.3, 0.4) is 0 Å². The van der Waals surface area contributed by atoms with Crippen molar-refractivity contribution in [3.63, 3.8) is 0 Å². The molecule has 3 heterocycles. The maximum atomic E-state index is 12.4. The fraction of sp³-hybridized carbons (Fsp3) is 0.643.